The summed E-state index contributed by atoms with van der Waals surface area (Å²) in [5.74, 6) is 0.684. The van der Waals surface area contributed by atoms with Crippen LogP contribution in [0, 0.1) is 0 Å². The van der Waals surface area contributed by atoms with Gasteiger partial charge in [-0.1, -0.05) is 25.5 Å². The molecule has 0 unspecified atom stereocenters. The molecule has 166 valence electrons. The predicted molar refractivity (Wildman–Crippen MR) is 122 cm³/mol. The summed E-state index contributed by atoms with van der Waals surface area (Å²) in [6.07, 6.45) is 5.37. The molecule has 2 amide bonds. The van der Waals surface area contributed by atoms with Crippen molar-refractivity contribution in [3.05, 3.63) is 53.6 Å². The van der Waals surface area contributed by atoms with E-state index in [9.17, 15) is 9.59 Å². The van der Waals surface area contributed by atoms with Gasteiger partial charge in [-0.2, -0.15) is 0 Å². The number of piperidine rings is 1. The lowest BCUT2D eigenvalue weighted by molar-refractivity contribution is -0.134. The van der Waals surface area contributed by atoms with E-state index in [1.165, 1.54) is 12.0 Å². The monoisotopic (exact) mass is 424 g/mol. The van der Waals surface area contributed by atoms with Crippen LogP contribution in [0.5, 0.6) is 11.5 Å². The maximum absolute atomic E-state index is 12.7. The fraction of sp³-hybridized carbons (Fsp3) is 0.440. The predicted octanol–water partition coefficient (Wildman–Crippen LogP) is 4.68. The van der Waals surface area contributed by atoms with Gasteiger partial charge in [-0.15, -0.1) is 0 Å². The molecule has 2 aromatic carbocycles. The van der Waals surface area contributed by atoms with E-state index in [2.05, 4.69) is 12.2 Å². The highest BCUT2D eigenvalue weighted by Gasteiger charge is 2.18. The summed E-state index contributed by atoms with van der Waals surface area (Å²) in [4.78, 5) is 26.9. The van der Waals surface area contributed by atoms with Gasteiger partial charge in [0.05, 0.1) is 6.61 Å². The van der Waals surface area contributed by atoms with Crippen LogP contribution >= 0.6 is 0 Å². The molecule has 0 aromatic heterocycles. The molecule has 0 aliphatic carbocycles. The van der Waals surface area contributed by atoms with Gasteiger partial charge < -0.3 is 19.7 Å². The zero-order valence-electron chi connectivity index (χ0n) is 18.5. The molecule has 1 heterocycles. The molecule has 0 atom stereocenters. The molecule has 1 aliphatic heterocycles. The highest BCUT2D eigenvalue weighted by molar-refractivity contribution is 6.04. The second kappa shape index (κ2) is 11.4. The molecule has 6 heteroatoms. The average molecular weight is 425 g/mol. The summed E-state index contributed by atoms with van der Waals surface area (Å²) in [5.41, 5.74) is 2.46. The van der Waals surface area contributed by atoms with E-state index >= 15 is 0 Å². The normalized spacial score (nSPS) is 13.5. The van der Waals surface area contributed by atoms with Crippen LogP contribution in [0.2, 0.25) is 0 Å². The number of carbonyl (C=O) groups is 2. The maximum atomic E-state index is 12.7. The summed E-state index contributed by atoms with van der Waals surface area (Å²) in [7, 11) is 0. The summed E-state index contributed by atoms with van der Waals surface area (Å²) in [5, 5.41) is 2.91. The number of aryl methyl sites for hydroxylation is 1. The molecule has 31 heavy (non-hydrogen) atoms. The Morgan fingerprint density at radius 3 is 2.35 bits per heavy atom. The number of carbonyl (C=O) groups excluding carboxylic acids is 2. The van der Waals surface area contributed by atoms with Crippen LogP contribution < -0.4 is 14.8 Å². The minimum Gasteiger partial charge on any atom is -0.490 e. The quantitative estimate of drug-likeness (QED) is 0.635. The van der Waals surface area contributed by atoms with Crippen LogP contribution in [0.25, 0.3) is 0 Å². The number of hydrogen-bond donors (Lipinski definition) is 1. The largest absolute Gasteiger partial charge is 0.490 e. The Morgan fingerprint density at radius 1 is 0.935 bits per heavy atom. The first-order valence-electron chi connectivity index (χ1n) is 11.2. The zero-order chi connectivity index (χ0) is 22.1. The summed E-state index contributed by atoms with van der Waals surface area (Å²) in [6.45, 7) is 5.99. The number of hydrogen-bond acceptors (Lipinski definition) is 4. The van der Waals surface area contributed by atoms with Gasteiger partial charge in [0.25, 0.3) is 11.8 Å². The SMILES string of the molecule is CCCc1ccc(NC(=O)c2ccc(OCC(=O)N3CCCCC3)c(OCC)c2)cc1. The third-order valence-electron chi connectivity index (χ3n) is 5.32. The van der Waals surface area contributed by atoms with E-state index in [1.54, 1.807) is 18.2 Å². The number of rotatable bonds is 9. The van der Waals surface area contributed by atoms with Crippen LogP contribution in [-0.2, 0) is 11.2 Å². The lowest BCUT2D eigenvalue weighted by atomic mass is 10.1. The van der Waals surface area contributed by atoms with E-state index in [-0.39, 0.29) is 18.4 Å². The van der Waals surface area contributed by atoms with Gasteiger partial charge in [-0.25, -0.2) is 0 Å². The van der Waals surface area contributed by atoms with Crippen molar-refractivity contribution in [3.8, 4) is 11.5 Å². The lowest BCUT2D eigenvalue weighted by Gasteiger charge is -2.26. The average Bonchev–Trinajstić information content (AvgIpc) is 2.80. The number of ether oxygens (including phenoxy) is 2. The maximum Gasteiger partial charge on any atom is 0.260 e. The van der Waals surface area contributed by atoms with Crippen molar-refractivity contribution in [2.24, 2.45) is 0 Å². The number of nitrogens with zero attached hydrogens (tertiary/aromatic N) is 1. The van der Waals surface area contributed by atoms with Crippen molar-refractivity contribution >= 4 is 17.5 Å². The minimum absolute atomic E-state index is 0.0181. The molecule has 0 bridgehead atoms. The van der Waals surface area contributed by atoms with Crippen LogP contribution in [0.1, 0.15) is 55.5 Å². The van der Waals surface area contributed by atoms with Gasteiger partial charge in [0.1, 0.15) is 0 Å². The molecule has 0 radical (unpaired) electrons. The van der Waals surface area contributed by atoms with Crippen LogP contribution in [0.3, 0.4) is 0 Å². The fourth-order valence-electron chi connectivity index (χ4n) is 3.66. The van der Waals surface area contributed by atoms with Crippen molar-refractivity contribution in [1.82, 2.24) is 4.90 Å². The van der Waals surface area contributed by atoms with Gasteiger partial charge >= 0.3 is 0 Å². The lowest BCUT2D eigenvalue weighted by Crippen LogP contribution is -2.38. The van der Waals surface area contributed by atoms with Gasteiger partial charge in [-0.05, 0) is 68.5 Å². The number of benzene rings is 2. The highest BCUT2D eigenvalue weighted by Crippen LogP contribution is 2.29. The molecule has 1 fully saturated rings. The topological polar surface area (TPSA) is 67.9 Å². The van der Waals surface area contributed by atoms with E-state index in [0.717, 1.165) is 44.5 Å². The number of anilines is 1. The Labute approximate surface area is 184 Å². The number of amides is 2. The minimum atomic E-state index is -0.222. The van der Waals surface area contributed by atoms with Crippen molar-refractivity contribution in [2.45, 2.75) is 46.0 Å². The Morgan fingerprint density at radius 2 is 1.68 bits per heavy atom. The smallest absolute Gasteiger partial charge is 0.260 e. The fourth-order valence-corrected chi connectivity index (χ4v) is 3.66. The van der Waals surface area contributed by atoms with Crippen molar-refractivity contribution in [3.63, 3.8) is 0 Å². The molecule has 1 aliphatic rings. The Kier molecular flexibility index (Phi) is 8.33. The van der Waals surface area contributed by atoms with E-state index in [0.29, 0.717) is 23.7 Å². The van der Waals surface area contributed by atoms with E-state index in [1.807, 2.05) is 36.1 Å². The first-order chi connectivity index (χ1) is 15.1. The van der Waals surface area contributed by atoms with E-state index in [4.69, 9.17) is 9.47 Å². The molecule has 0 saturated carbocycles. The highest BCUT2D eigenvalue weighted by atomic mass is 16.5. The summed E-state index contributed by atoms with van der Waals surface area (Å²) < 4.78 is 11.4. The van der Waals surface area contributed by atoms with Gasteiger partial charge in [-0.3, -0.25) is 9.59 Å². The molecule has 1 saturated heterocycles. The zero-order valence-corrected chi connectivity index (χ0v) is 18.5. The van der Waals surface area contributed by atoms with Crippen LogP contribution in [-0.4, -0.2) is 43.0 Å². The summed E-state index contributed by atoms with van der Waals surface area (Å²) >= 11 is 0. The number of nitrogens with one attached hydrogen (secondary N) is 1. The Hall–Kier alpha value is -3.02. The first-order valence-corrected chi connectivity index (χ1v) is 11.2. The molecule has 1 N–H and O–H groups in total. The molecule has 3 rings (SSSR count). The molecule has 0 spiro atoms. The second-order valence-corrected chi connectivity index (χ2v) is 7.73. The molecular weight excluding hydrogens is 392 g/mol. The van der Waals surface area contributed by atoms with Gasteiger partial charge in [0, 0.05) is 24.3 Å². The van der Waals surface area contributed by atoms with E-state index < -0.39 is 0 Å². The Balaban J connectivity index is 1.64. The second-order valence-electron chi connectivity index (χ2n) is 7.73. The van der Waals surface area contributed by atoms with Crippen molar-refractivity contribution < 1.29 is 19.1 Å². The Bertz CT molecular complexity index is 874. The number of likely N-dealkylation sites (tertiary alicyclic amines) is 1. The third kappa shape index (κ3) is 6.48. The van der Waals surface area contributed by atoms with Gasteiger partial charge in [0.15, 0.2) is 18.1 Å². The van der Waals surface area contributed by atoms with Gasteiger partial charge in [0.2, 0.25) is 0 Å². The summed E-state index contributed by atoms with van der Waals surface area (Å²) in [6, 6.07) is 12.9. The van der Waals surface area contributed by atoms with Crippen LogP contribution in [0.4, 0.5) is 5.69 Å². The first kappa shape index (κ1) is 22.7. The molecular formula is C25H32N2O4. The molecule has 6 nitrogen and oxygen atoms in total. The standard InChI is InChI=1S/C25H32N2O4/c1-3-8-19-9-12-21(13-10-19)26-25(29)20-11-14-22(23(17-20)30-4-2)31-18-24(28)27-15-6-5-7-16-27/h9-14,17H,3-8,15-16,18H2,1-2H3,(H,26,29). The van der Waals surface area contributed by atoms with Crippen molar-refractivity contribution in [1.29, 1.82) is 0 Å². The third-order valence-corrected chi connectivity index (χ3v) is 5.32. The van der Waals surface area contributed by atoms with Crippen LogP contribution in [0.15, 0.2) is 42.5 Å². The van der Waals surface area contributed by atoms with Crippen molar-refractivity contribution in [2.75, 3.05) is 31.6 Å². The molecule has 2 aromatic rings.